The first-order chi connectivity index (χ1) is 8.26. The quantitative estimate of drug-likeness (QED) is 0.616. The summed E-state index contributed by atoms with van der Waals surface area (Å²) in [6, 6.07) is 5.68. The van der Waals surface area contributed by atoms with Gasteiger partial charge in [0.2, 0.25) is 0 Å². The maximum atomic E-state index is 5.94. The van der Waals surface area contributed by atoms with Gasteiger partial charge in [-0.1, -0.05) is 11.6 Å². The van der Waals surface area contributed by atoms with E-state index >= 15 is 0 Å². The van der Waals surface area contributed by atoms with Crippen molar-refractivity contribution in [2.24, 2.45) is 0 Å². The number of rotatable bonds is 5. The Bertz CT molecular complexity index is 510. The molecule has 0 fully saturated rings. The first-order valence-electron chi connectivity index (χ1n) is 5.54. The Labute approximate surface area is 110 Å². The van der Waals surface area contributed by atoms with E-state index in [1.54, 1.807) is 0 Å². The summed E-state index contributed by atoms with van der Waals surface area (Å²) >= 11 is 11.8. The molecule has 3 nitrogen and oxygen atoms in total. The van der Waals surface area contributed by atoms with E-state index in [1.165, 1.54) is 0 Å². The molecule has 0 saturated heterocycles. The van der Waals surface area contributed by atoms with Crippen molar-refractivity contribution in [1.29, 1.82) is 0 Å². The van der Waals surface area contributed by atoms with Crippen molar-refractivity contribution in [3.63, 3.8) is 0 Å². The van der Waals surface area contributed by atoms with Gasteiger partial charge in [-0.25, -0.2) is 4.98 Å². The molecule has 2 aromatic rings. The molecule has 1 aromatic carbocycles. The van der Waals surface area contributed by atoms with Crippen LogP contribution in [-0.4, -0.2) is 22.8 Å². The summed E-state index contributed by atoms with van der Waals surface area (Å²) in [7, 11) is 0. The zero-order chi connectivity index (χ0) is 12.3. The molecule has 17 heavy (non-hydrogen) atoms. The summed E-state index contributed by atoms with van der Waals surface area (Å²) < 4.78 is 7.44. The normalized spacial score (nSPS) is 11.2. The summed E-state index contributed by atoms with van der Waals surface area (Å²) in [6.07, 6.45) is 0. The average molecular weight is 273 g/mol. The van der Waals surface area contributed by atoms with Gasteiger partial charge >= 0.3 is 0 Å². The molecule has 0 aliphatic carbocycles. The molecule has 0 bridgehead atoms. The van der Waals surface area contributed by atoms with Crippen molar-refractivity contribution < 1.29 is 4.74 Å². The van der Waals surface area contributed by atoms with E-state index in [2.05, 4.69) is 9.55 Å². The minimum Gasteiger partial charge on any atom is -0.380 e. The summed E-state index contributed by atoms with van der Waals surface area (Å²) in [5, 5.41) is 0.688. The second-order valence-electron chi connectivity index (χ2n) is 3.64. The van der Waals surface area contributed by atoms with Crippen LogP contribution in [0.1, 0.15) is 12.7 Å². The molecule has 0 radical (unpaired) electrons. The molecule has 5 heteroatoms. The highest BCUT2D eigenvalue weighted by atomic mass is 35.5. The fraction of sp³-hybridized carbons (Fsp3) is 0.417. The Morgan fingerprint density at radius 1 is 1.41 bits per heavy atom. The van der Waals surface area contributed by atoms with E-state index in [1.807, 2.05) is 25.1 Å². The van der Waals surface area contributed by atoms with Gasteiger partial charge in [-0.3, -0.25) is 0 Å². The number of nitrogens with zero attached hydrogens (tertiary/aromatic N) is 2. The van der Waals surface area contributed by atoms with E-state index in [-0.39, 0.29) is 0 Å². The average Bonchev–Trinajstić information content (AvgIpc) is 2.67. The largest absolute Gasteiger partial charge is 0.380 e. The summed E-state index contributed by atoms with van der Waals surface area (Å²) in [5.74, 6) is 1.24. The molecule has 0 aliphatic rings. The van der Waals surface area contributed by atoms with E-state index in [0.29, 0.717) is 24.1 Å². The van der Waals surface area contributed by atoms with Crippen LogP contribution in [0.5, 0.6) is 0 Å². The lowest BCUT2D eigenvalue weighted by Crippen LogP contribution is -2.08. The fourth-order valence-electron chi connectivity index (χ4n) is 1.80. The van der Waals surface area contributed by atoms with Crippen LogP contribution >= 0.6 is 23.2 Å². The SMILES string of the molecule is CCOCCn1c(CCl)nc2cc(Cl)ccc21. The summed E-state index contributed by atoms with van der Waals surface area (Å²) in [5.41, 5.74) is 1.93. The predicted octanol–water partition coefficient (Wildman–Crippen LogP) is 3.47. The molecule has 1 heterocycles. The number of hydrogen-bond acceptors (Lipinski definition) is 2. The van der Waals surface area contributed by atoms with Gasteiger partial charge in [0.15, 0.2) is 0 Å². The molecular formula is C12H14Cl2N2O. The van der Waals surface area contributed by atoms with Gasteiger partial charge in [0.25, 0.3) is 0 Å². The van der Waals surface area contributed by atoms with Crippen molar-refractivity contribution >= 4 is 34.2 Å². The van der Waals surface area contributed by atoms with Crippen LogP contribution in [0.4, 0.5) is 0 Å². The van der Waals surface area contributed by atoms with Crippen LogP contribution in [-0.2, 0) is 17.2 Å². The number of alkyl halides is 1. The van der Waals surface area contributed by atoms with Gasteiger partial charge in [0.05, 0.1) is 23.5 Å². The van der Waals surface area contributed by atoms with Crippen LogP contribution in [0, 0.1) is 0 Å². The molecule has 1 aromatic heterocycles. The van der Waals surface area contributed by atoms with E-state index in [4.69, 9.17) is 27.9 Å². The molecule has 0 unspecified atom stereocenters. The maximum Gasteiger partial charge on any atom is 0.124 e. The van der Waals surface area contributed by atoms with E-state index in [9.17, 15) is 0 Å². The second-order valence-corrected chi connectivity index (χ2v) is 4.35. The summed E-state index contributed by atoms with van der Waals surface area (Å²) in [6.45, 7) is 4.12. The maximum absolute atomic E-state index is 5.94. The van der Waals surface area contributed by atoms with Crippen molar-refractivity contribution in [3.05, 3.63) is 29.0 Å². The first-order valence-corrected chi connectivity index (χ1v) is 6.46. The zero-order valence-electron chi connectivity index (χ0n) is 9.62. The van der Waals surface area contributed by atoms with E-state index < -0.39 is 0 Å². The van der Waals surface area contributed by atoms with Crippen molar-refractivity contribution in [2.45, 2.75) is 19.3 Å². The Kier molecular flexibility index (Phi) is 4.26. The minimum absolute atomic E-state index is 0.387. The molecule has 92 valence electrons. The number of halogens is 2. The monoisotopic (exact) mass is 272 g/mol. The molecule has 2 rings (SSSR count). The van der Waals surface area contributed by atoms with E-state index in [0.717, 1.165) is 23.4 Å². The molecular weight excluding hydrogens is 259 g/mol. The second kappa shape index (κ2) is 5.71. The highest BCUT2D eigenvalue weighted by molar-refractivity contribution is 6.31. The number of fused-ring (bicyclic) bond motifs is 1. The molecule has 0 saturated carbocycles. The van der Waals surface area contributed by atoms with Gasteiger partial charge in [-0.2, -0.15) is 0 Å². The highest BCUT2D eigenvalue weighted by Crippen LogP contribution is 2.21. The van der Waals surface area contributed by atoms with Crippen molar-refractivity contribution in [3.8, 4) is 0 Å². The van der Waals surface area contributed by atoms with Crippen LogP contribution in [0.15, 0.2) is 18.2 Å². The lowest BCUT2D eigenvalue weighted by atomic mass is 10.3. The van der Waals surface area contributed by atoms with Crippen molar-refractivity contribution in [2.75, 3.05) is 13.2 Å². The van der Waals surface area contributed by atoms with Gasteiger partial charge in [0, 0.05) is 18.2 Å². The van der Waals surface area contributed by atoms with Crippen LogP contribution in [0.25, 0.3) is 11.0 Å². The smallest absolute Gasteiger partial charge is 0.124 e. The Balaban J connectivity index is 2.36. The molecule has 0 spiro atoms. The fourth-order valence-corrected chi connectivity index (χ4v) is 2.17. The zero-order valence-corrected chi connectivity index (χ0v) is 11.1. The Morgan fingerprint density at radius 2 is 2.24 bits per heavy atom. The van der Waals surface area contributed by atoms with Gasteiger partial charge in [-0.15, -0.1) is 11.6 Å². The minimum atomic E-state index is 0.387. The third-order valence-corrected chi connectivity index (χ3v) is 3.05. The van der Waals surface area contributed by atoms with Gasteiger partial charge in [0.1, 0.15) is 5.82 Å². The number of imidazole rings is 1. The third-order valence-electron chi connectivity index (χ3n) is 2.57. The highest BCUT2D eigenvalue weighted by Gasteiger charge is 2.09. The molecule has 0 atom stereocenters. The number of aromatic nitrogens is 2. The Morgan fingerprint density at radius 3 is 2.94 bits per heavy atom. The van der Waals surface area contributed by atoms with Gasteiger partial charge < -0.3 is 9.30 Å². The summed E-state index contributed by atoms with van der Waals surface area (Å²) in [4.78, 5) is 4.46. The van der Waals surface area contributed by atoms with Crippen LogP contribution in [0.2, 0.25) is 5.02 Å². The number of ether oxygens (including phenoxy) is 1. The number of benzene rings is 1. The lowest BCUT2D eigenvalue weighted by molar-refractivity contribution is 0.139. The molecule has 0 aliphatic heterocycles. The standard InChI is InChI=1S/C12H14Cl2N2O/c1-2-17-6-5-16-11-4-3-9(14)7-10(11)15-12(16)8-13/h3-4,7H,2,5-6,8H2,1H3. The van der Waals surface area contributed by atoms with Gasteiger partial charge in [-0.05, 0) is 25.1 Å². The predicted molar refractivity (Wildman–Crippen MR) is 70.8 cm³/mol. The lowest BCUT2D eigenvalue weighted by Gasteiger charge is -2.07. The van der Waals surface area contributed by atoms with Crippen LogP contribution < -0.4 is 0 Å². The molecule has 0 N–H and O–H groups in total. The van der Waals surface area contributed by atoms with Crippen LogP contribution in [0.3, 0.4) is 0 Å². The molecule has 0 amide bonds. The Hall–Kier alpha value is -0.770. The topological polar surface area (TPSA) is 27.1 Å². The number of hydrogen-bond donors (Lipinski definition) is 0. The van der Waals surface area contributed by atoms with Crippen molar-refractivity contribution in [1.82, 2.24) is 9.55 Å². The first kappa shape index (κ1) is 12.7. The third kappa shape index (κ3) is 2.73.